The minimum atomic E-state index is -0.174. The van der Waals surface area contributed by atoms with Gasteiger partial charge in [0.05, 0.1) is 12.6 Å². The number of unbranched alkanes of at least 4 members (excludes halogenated alkanes) is 1. The Bertz CT molecular complexity index is 940. The summed E-state index contributed by atoms with van der Waals surface area (Å²) in [6.45, 7) is 2.85. The largest absolute Gasteiger partial charge is 0.494 e. The highest BCUT2D eigenvalue weighted by Crippen LogP contribution is 2.27. The van der Waals surface area contributed by atoms with E-state index in [4.69, 9.17) is 16.3 Å². The van der Waals surface area contributed by atoms with Gasteiger partial charge in [-0.15, -0.1) is 0 Å². The first kappa shape index (κ1) is 22.4. The van der Waals surface area contributed by atoms with Gasteiger partial charge in [0.1, 0.15) is 5.75 Å². The van der Waals surface area contributed by atoms with Crippen LogP contribution in [0.2, 0.25) is 5.02 Å². The number of nitrogens with one attached hydrogen (secondary N) is 1. The van der Waals surface area contributed by atoms with Crippen LogP contribution in [0.15, 0.2) is 77.3 Å². The van der Waals surface area contributed by atoms with Crippen molar-refractivity contribution in [3.05, 3.63) is 93.4 Å². The molecule has 0 unspecified atom stereocenters. The van der Waals surface area contributed by atoms with E-state index in [1.54, 1.807) is 0 Å². The maximum absolute atomic E-state index is 12.9. The number of Topliss-reactive ketones (excluding diaryl/α,β-unsaturated/α-hetero) is 1. The highest BCUT2D eigenvalue weighted by atomic mass is 79.9. The Hall–Kier alpha value is -2.30. The van der Waals surface area contributed by atoms with Crippen molar-refractivity contribution in [1.82, 2.24) is 0 Å². The first-order valence-electron chi connectivity index (χ1n) is 10.1. The molecule has 0 fully saturated rings. The van der Waals surface area contributed by atoms with E-state index in [1.807, 2.05) is 72.8 Å². The SMILES string of the molecule is CCCCOc1ccc([C@@H](CC(=O)c2ccc(Br)cc2)Nc2ccc(Cl)cc2)cc1. The minimum Gasteiger partial charge on any atom is -0.494 e. The van der Waals surface area contributed by atoms with Crippen LogP contribution in [-0.2, 0) is 0 Å². The quantitative estimate of drug-likeness (QED) is 0.235. The lowest BCUT2D eigenvalue weighted by molar-refractivity contribution is 0.0976. The van der Waals surface area contributed by atoms with Gasteiger partial charge in [-0.1, -0.05) is 65.1 Å². The molecule has 0 aromatic heterocycles. The van der Waals surface area contributed by atoms with Crippen LogP contribution in [0.4, 0.5) is 5.69 Å². The van der Waals surface area contributed by atoms with E-state index in [1.165, 1.54) is 0 Å². The second-order valence-electron chi connectivity index (χ2n) is 7.11. The summed E-state index contributed by atoms with van der Waals surface area (Å²) in [5, 5.41) is 4.15. The smallest absolute Gasteiger partial charge is 0.165 e. The van der Waals surface area contributed by atoms with Gasteiger partial charge in [0, 0.05) is 27.2 Å². The van der Waals surface area contributed by atoms with Gasteiger partial charge in [0.15, 0.2) is 5.78 Å². The molecule has 30 heavy (non-hydrogen) atoms. The molecule has 0 bridgehead atoms. The predicted octanol–water partition coefficient (Wildman–Crippen LogP) is 7.71. The summed E-state index contributed by atoms with van der Waals surface area (Å²) in [5.74, 6) is 0.925. The van der Waals surface area contributed by atoms with Crippen molar-refractivity contribution >= 4 is 39.0 Å². The first-order valence-corrected chi connectivity index (χ1v) is 11.3. The topological polar surface area (TPSA) is 38.3 Å². The summed E-state index contributed by atoms with van der Waals surface area (Å²) in [6, 6.07) is 22.8. The average molecular weight is 487 g/mol. The molecule has 0 heterocycles. The standard InChI is InChI=1S/C25H25BrClNO2/c1-2-3-16-30-23-14-6-18(7-15-23)24(28-22-12-10-21(27)11-13-22)17-25(29)19-4-8-20(26)9-5-19/h4-15,24,28H,2-3,16-17H2,1H3/t24-/m1/s1. The maximum Gasteiger partial charge on any atom is 0.165 e. The molecule has 0 saturated heterocycles. The van der Waals surface area contributed by atoms with Gasteiger partial charge >= 0.3 is 0 Å². The lowest BCUT2D eigenvalue weighted by Gasteiger charge is -2.20. The fourth-order valence-corrected chi connectivity index (χ4v) is 3.46. The van der Waals surface area contributed by atoms with Crippen molar-refractivity contribution in [3.8, 4) is 5.75 Å². The van der Waals surface area contributed by atoms with Crippen LogP contribution >= 0.6 is 27.5 Å². The Morgan fingerprint density at radius 2 is 1.67 bits per heavy atom. The van der Waals surface area contributed by atoms with Crippen molar-refractivity contribution in [2.75, 3.05) is 11.9 Å². The third kappa shape index (κ3) is 6.61. The number of ketones is 1. The van der Waals surface area contributed by atoms with E-state index >= 15 is 0 Å². The Labute approximate surface area is 191 Å². The number of hydrogen-bond acceptors (Lipinski definition) is 3. The molecule has 0 spiro atoms. The zero-order chi connectivity index (χ0) is 21.3. The number of hydrogen-bond donors (Lipinski definition) is 1. The Morgan fingerprint density at radius 1 is 1.00 bits per heavy atom. The minimum absolute atomic E-state index is 0.0808. The van der Waals surface area contributed by atoms with Crippen molar-refractivity contribution < 1.29 is 9.53 Å². The Balaban J connectivity index is 1.78. The number of ether oxygens (including phenoxy) is 1. The second kappa shape index (κ2) is 11.2. The van der Waals surface area contributed by atoms with Crippen LogP contribution in [0, 0.1) is 0 Å². The van der Waals surface area contributed by atoms with Crippen molar-refractivity contribution in [3.63, 3.8) is 0 Å². The number of halogens is 2. The Morgan fingerprint density at radius 3 is 2.30 bits per heavy atom. The summed E-state index contributed by atoms with van der Waals surface area (Å²) in [5.41, 5.74) is 2.63. The molecule has 0 saturated carbocycles. The van der Waals surface area contributed by atoms with Gasteiger partial charge in [-0.05, 0) is 60.5 Å². The van der Waals surface area contributed by atoms with Gasteiger partial charge in [0.2, 0.25) is 0 Å². The van der Waals surface area contributed by atoms with Crippen LogP contribution in [0.5, 0.6) is 5.75 Å². The van der Waals surface area contributed by atoms with Gasteiger partial charge in [-0.25, -0.2) is 0 Å². The molecule has 3 aromatic rings. The molecule has 3 nitrogen and oxygen atoms in total. The lowest BCUT2D eigenvalue weighted by Crippen LogP contribution is -2.16. The summed E-state index contributed by atoms with van der Waals surface area (Å²) < 4.78 is 6.72. The monoisotopic (exact) mass is 485 g/mol. The number of carbonyl (C=O) groups is 1. The van der Waals surface area contributed by atoms with Gasteiger partial charge < -0.3 is 10.1 Å². The number of anilines is 1. The van der Waals surface area contributed by atoms with E-state index in [-0.39, 0.29) is 11.8 Å². The lowest BCUT2D eigenvalue weighted by atomic mass is 9.97. The molecule has 1 atom stereocenters. The van der Waals surface area contributed by atoms with Crippen LogP contribution in [0.25, 0.3) is 0 Å². The van der Waals surface area contributed by atoms with E-state index < -0.39 is 0 Å². The zero-order valence-electron chi connectivity index (χ0n) is 16.9. The van der Waals surface area contributed by atoms with Crippen molar-refractivity contribution in [2.24, 2.45) is 0 Å². The first-order chi connectivity index (χ1) is 14.5. The number of benzene rings is 3. The second-order valence-corrected chi connectivity index (χ2v) is 8.46. The van der Waals surface area contributed by atoms with Crippen LogP contribution in [-0.4, -0.2) is 12.4 Å². The highest BCUT2D eigenvalue weighted by molar-refractivity contribution is 9.10. The van der Waals surface area contributed by atoms with E-state index in [9.17, 15) is 4.79 Å². The molecule has 5 heteroatoms. The molecular weight excluding hydrogens is 462 g/mol. The maximum atomic E-state index is 12.9. The third-order valence-electron chi connectivity index (χ3n) is 4.79. The molecule has 156 valence electrons. The summed E-state index contributed by atoms with van der Waals surface area (Å²) in [6.07, 6.45) is 2.47. The molecule has 3 rings (SSSR count). The van der Waals surface area contributed by atoms with Crippen molar-refractivity contribution in [1.29, 1.82) is 0 Å². The fourth-order valence-electron chi connectivity index (χ4n) is 3.07. The molecular formula is C25H25BrClNO2. The van der Waals surface area contributed by atoms with Crippen LogP contribution in [0.1, 0.15) is 48.1 Å². The predicted molar refractivity (Wildman–Crippen MR) is 128 cm³/mol. The molecule has 3 aromatic carbocycles. The molecule has 0 amide bonds. The molecule has 0 aliphatic rings. The molecule has 0 aliphatic heterocycles. The zero-order valence-corrected chi connectivity index (χ0v) is 19.2. The van der Waals surface area contributed by atoms with Gasteiger partial charge in [-0.3, -0.25) is 4.79 Å². The third-order valence-corrected chi connectivity index (χ3v) is 5.57. The fraction of sp³-hybridized carbons (Fsp3) is 0.240. The van der Waals surface area contributed by atoms with Gasteiger partial charge in [0.25, 0.3) is 0 Å². The van der Waals surface area contributed by atoms with E-state index in [0.717, 1.165) is 34.3 Å². The normalized spacial score (nSPS) is 11.7. The Kier molecular flexibility index (Phi) is 8.35. The van der Waals surface area contributed by atoms with Crippen molar-refractivity contribution in [2.45, 2.75) is 32.2 Å². The number of rotatable bonds is 10. The van der Waals surface area contributed by atoms with Gasteiger partial charge in [-0.2, -0.15) is 0 Å². The summed E-state index contributed by atoms with van der Waals surface area (Å²) in [7, 11) is 0. The van der Waals surface area contributed by atoms with E-state index in [0.29, 0.717) is 23.6 Å². The average Bonchev–Trinajstić information content (AvgIpc) is 2.76. The molecule has 0 aliphatic carbocycles. The number of carbonyl (C=O) groups excluding carboxylic acids is 1. The molecule has 1 N–H and O–H groups in total. The van der Waals surface area contributed by atoms with Crippen LogP contribution < -0.4 is 10.1 Å². The molecule has 0 radical (unpaired) electrons. The highest BCUT2D eigenvalue weighted by Gasteiger charge is 2.18. The summed E-state index contributed by atoms with van der Waals surface area (Å²) >= 11 is 9.43. The van der Waals surface area contributed by atoms with Crippen LogP contribution in [0.3, 0.4) is 0 Å². The van der Waals surface area contributed by atoms with E-state index in [2.05, 4.69) is 28.2 Å². The summed E-state index contributed by atoms with van der Waals surface area (Å²) in [4.78, 5) is 12.9.